The quantitative estimate of drug-likeness (QED) is 0.907. The molecule has 0 fully saturated rings. The number of halogens is 1. The molecule has 0 aliphatic carbocycles. The first-order valence-electron chi connectivity index (χ1n) is 6.57. The molecule has 0 unspecified atom stereocenters. The molecule has 21 heavy (non-hydrogen) atoms. The molecule has 0 aliphatic heterocycles. The molecule has 0 heterocycles. The smallest absolute Gasteiger partial charge is 0.261 e. The number of hydrogen-bond donors (Lipinski definition) is 1. The van der Waals surface area contributed by atoms with Gasteiger partial charge in [0.25, 0.3) is 10.0 Å². The minimum atomic E-state index is -3.62. The van der Waals surface area contributed by atoms with Gasteiger partial charge in [0.2, 0.25) is 0 Å². The Morgan fingerprint density at radius 2 is 1.62 bits per heavy atom. The Labute approximate surface area is 131 Å². The fourth-order valence-corrected chi connectivity index (χ4v) is 3.25. The van der Waals surface area contributed by atoms with Crippen molar-refractivity contribution >= 4 is 27.3 Å². The lowest BCUT2D eigenvalue weighted by Crippen LogP contribution is -2.14. The Balaban J connectivity index is 2.25. The van der Waals surface area contributed by atoms with Crippen LogP contribution in [0.25, 0.3) is 0 Å². The van der Waals surface area contributed by atoms with Gasteiger partial charge in [-0.05, 0) is 41.3 Å². The van der Waals surface area contributed by atoms with Crippen LogP contribution in [0.4, 0.5) is 5.69 Å². The van der Waals surface area contributed by atoms with Crippen LogP contribution < -0.4 is 4.72 Å². The van der Waals surface area contributed by atoms with Crippen molar-refractivity contribution in [3.63, 3.8) is 0 Å². The summed E-state index contributed by atoms with van der Waals surface area (Å²) in [5, 5.41) is 0.390. The Bertz CT molecular complexity index is 732. The van der Waals surface area contributed by atoms with Crippen molar-refractivity contribution in [1.29, 1.82) is 0 Å². The van der Waals surface area contributed by atoms with E-state index in [4.69, 9.17) is 11.6 Å². The van der Waals surface area contributed by atoms with Crippen LogP contribution >= 0.6 is 11.6 Å². The second kappa shape index (κ2) is 5.70. The summed E-state index contributed by atoms with van der Waals surface area (Å²) < 4.78 is 27.1. The summed E-state index contributed by atoms with van der Waals surface area (Å²) in [5.41, 5.74) is 1.71. The molecule has 0 saturated carbocycles. The predicted octanol–water partition coefficient (Wildman–Crippen LogP) is 4.44. The molecule has 0 atom stereocenters. The minimum absolute atomic E-state index is 0.0321. The molecule has 0 spiro atoms. The van der Waals surface area contributed by atoms with E-state index in [0.29, 0.717) is 10.7 Å². The van der Waals surface area contributed by atoms with E-state index in [1.165, 1.54) is 12.1 Å². The Kier molecular flexibility index (Phi) is 4.30. The van der Waals surface area contributed by atoms with Gasteiger partial charge in [0.1, 0.15) is 0 Å². The van der Waals surface area contributed by atoms with E-state index in [1.54, 1.807) is 24.3 Å². The molecule has 5 heteroatoms. The van der Waals surface area contributed by atoms with E-state index in [9.17, 15) is 8.42 Å². The molecule has 0 aromatic heterocycles. The third kappa shape index (κ3) is 3.99. The van der Waals surface area contributed by atoms with Crippen molar-refractivity contribution < 1.29 is 8.42 Å². The highest BCUT2D eigenvalue weighted by molar-refractivity contribution is 7.92. The third-order valence-electron chi connectivity index (χ3n) is 3.11. The number of nitrogens with one attached hydrogen (secondary N) is 1. The van der Waals surface area contributed by atoms with Crippen molar-refractivity contribution in [2.24, 2.45) is 0 Å². The first-order valence-corrected chi connectivity index (χ1v) is 8.43. The van der Waals surface area contributed by atoms with Gasteiger partial charge < -0.3 is 0 Å². The first kappa shape index (κ1) is 15.9. The number of benzene rings is 2. The average Bonchev–Trinajstić information content (AvgIpc) is 2.38. The lowest BCUT2D eigenvalue weighted by atomic mass is 9.87. The maximum absolute atomic E-state index is 12.3. The fourth-order valence-electron chi connectivity index (χ4n) is 1.89. The van der Waals surface area contributed by atoms with Gasteiger partial charge in [-0.2, -0.15) is 0 Å². The maximum Gasteiger partial charge on any atom is 0.261 e. The summed E-state index contributed by atoms with van der Waals surface area (Å²) in [6, 6.07) is 13.6. The van der Waals surface area contributed by atoms with Crippen LogP contribution in [0.15, 0.2) is 53.4 Å². The maximum atomic E-state index is 12.3. The van der Waals surface area contributed by atoms with Crippen LogP contribution in [-0.2, 0) is 15.4 Å². The standard InChI is InChI=1S/C16H18ClNO2S/c1-16(2,3)12-7-9-14(10-8-12)18-21(19,20)15-6-4-5-13(17)11-15/h4-11,18H,1-3H3. The van der Waals surface area contributed by atoms with Crippen LogP contribution in [0.1, 0.15) is 26.3 Å². The zero-order chi connectivity index (χ0) is 15.7. The van der Waals surface area contributed by atoms with Crippen molar-refractivity contribution in [2.75, 3.05) is 4.72 Å². The van der Waals surface area contributed by atoms with E-state index in [-0.39, 0.29) is 10.3 Å². The van der Waals surface area contributed by atoms with E-state index in [2.05, 4.69) is 25.5 Å². The predicted molar refractivity (Wildman–Crippen MR) is 87.4 cm³/mol. The molecule has 2 aromatic carbocycles. The van der Waals surface area contributed by atoms with Crippen LogP contribution in [-0.4, -0.2) is 8.42 Å². The van der Waals surface area contributed by atoms with Crippen LogP contribution in [0.3, 0.4) is 0 Å². The first-order chi connectivity index (χ1) is 9.68. The average molecular weight is 324 g/mol. The monoisotopic (exact) mass is 323 g/mol. The highest BCUT2D eigenvalue weighted by Gasteiger charge is 2.16. The molecule has 3 nitrogen and oxygen atoms in total. The van der Waals surface area contributed by atoms with E-state index < -0.39 is 10.0 Å². The van der Waals surface area contributed by atoms with Gasteiger partial charge in [0, 0.05) is 10.7 Å². The molecular formula is C16H18ClNO2S. The molecule has 0 aliphatic rings. The summed E-state index contributed by atoms with van der Waals surface area (Å²) in [6.07, 6.45) is 0. The molecule has 0 amide bonds. The largest absolute Gasteiger partial charge is 0.280 e. The third-order valence-corrected chi connectivity index (χ3v) is 4.72. The summed E-state index contributed by atoms with van der Waals surface area (Å²) in [5.74, 6) is 0. The molecular weight excluding hydrogens is 306 g/mol. The number of rotatable bonds is 3. The molecule has 2 aromatic rings. The van der Waals surface area contributed by atoms with Gasteiger partial charge in [0.05, 0.1) is 4.90 Å². The lowest BCUT2D eigenvalue weighted by Gasteiger charge is -2.19. The molecule has 2 rings (SSSR count). The van der Waals surface area contributed by atoms with Crippen molar-refractivity contribution in [3.8, 4) is 0 Å². The Morgan fingerprint density at radius 3 is 2.14 bits per heavy atom. The molecule has 0 saturated heterocycles. The highest BCUT2D eigenvalue weighted by atomic mass is 35.5. The SMILES string of the molecule is CC(C)(C)c1ccc(NS(=O)(=O)c2cccc(Cl)c2)cc1. The number of anilines is 1. The highest BCUT2D eigenvalue weighted by Crippen LogP contribution is 2.25. The van der Waals surface area contributed by atoms with Crippen molar-refractivity contribution in [2.45, 2.75) is 31.1 Å². The van der Waals surface area contributed by atoms with Gasteiger partial charge >= 0.3 is 0 Å². The zero-order valence-electron chi connectivity index (χ0n) is 12.2. The zero-order valence-corrected chi connectivity index (χ0v) is 13.8. The summed E-state index contributed by atoms with van der Waals surface area (Å²) >= 11 is 5.83. The van der Waals surface area contributed by atoms with Gasteiger partial charge in [-0.1, -0.05) is 50.6 Å². The van der Waals surface area contributed by atoms with Crippen molar-refractivity contribution in [3.05, 3.63) is 59.1 Å². The van der Waals surface area contributed by atoms with Gasteiger partial charge in [-0.15, -0.1) is 0 Å². The van der Waals surface area contributed by atoms with Gasteiger partial charge in [-0.25, -0.2) is 8.42 Å². The molecule has 1 N–H and O–H groups in total. The second-order valence-corrected chi connectivity index (χ2v) is 8.01. The summed E-state index contributed by atoms with van der Waals surface area (Å²) in [4.78, 5) is 0.148. The fraction of sp³-hybridized carbons (Fsp3) is 0.250. The van der Waals surface area contributed by atoms with Crippen molar-refractivity contribution in [1.82, 2.24) is 0 Å². The van der Waals surface area contributed by atoms with E-state index in [1.807, 2.05) is 12.1 Å². The van der Waals surface area contributed by atoms with E-state index >= 15 is 0 Å². The molecule has 0 radical (unpaired) electrons. The minimum Gasteiger partial charge on any atom is -0.280 e. The van der Waals surface area contributed by atoms with Gasteiger partial charge in [0.15, 0.2) is 0 Å². The second-order valence-electron chi connectivity index (χ2n) is 5.89. The summed E-state index contributed by atoms with van der Waals surface area (Å²) in [6.45, 7) is 6.33. The molecule has 112 valence electrons. The Morgan fingerprint density at radius 1 is 1.00 bits per heavy atom. The number of hydrogen-bond acceptors (Lipinski definition) is 2. The summed E-state index contributed by atoms with van der Waals surface area (Å²) in [7, 11) is -3.62. The number of sulfonamides is 1. The van der Waals surface area contributed by atoms with E-state index in [0.717, 1.165) is 5.56 Å². The van der Waals surface area contributed by atoms with Crippen LogP contribution in [0, 0.1) is 0 Å². The topological polar surface area (TPSA) is 46.2 Å². The lowest BCUT2D eigenvalue weighted by molar-refractivity contribution is 0.590. The van der Waals surface area contributed by atoms with Crippen LogP contribution in [0.5, 0.6) is 0 Å². The molecule has 0 bridgehead atoms. The van der Waals surface area contributed by atoms with Crippen LogP contribution in [0.2, 0.25) is 5.02 Å². The Hall–Kier alpha value is -1.52. The normalized spacial score (nSPS) is 12.2. The van der Waals surface area contributed by atoms with Gasteiger partial charge in [-0.3, -0.25) is 4.72 Å².